The lowest BCUT2D eigenvalue weighted by molar-refractivity contribution is 0.0944. The van der Waals surface area contributed by atoms with Crippen LogP contribution in [-0.4, -0.2) is 26.1 Å². The number of nitrogens with zero attached hydrogens (tertiary/aromatic N) is 4. The van der Waals surface area contributed by atoms with Gasteiger partial charge >= 0.3 is 0 Å². The summed E-state index contributed by atoms with van der Waals surface area (Å²) in [5.41, 5.74) is -0.589. The van der Waals surface area contributed by atoms with Gasteiger partial charge in [0.1, 0.15) is 0 Å². The SMILES string of the molecule is Cn1nnnc1CNC(=O)c1ccc(F)c(F)c1F. The first-order valence-electron chi connectivity index (χ1n) is 5.13. The van der Waals surface area contributed by atoms with E-state index in [-0.39, 0.29) is 6.54 Å². The summed E-state index contributed by atoms with van der Waals surface area (Å²) >= 11 is 0. The quantitative estimate of drug-likeness (QED) is 0.828. The average molecular weight is 271 g/mol. The minimum Gasteiger partial charge on any atom is -0.345 e. The summed E-state index contributed by atoms with van der Waals surface area (Å²) in [6.07, 6.45) is 0. The smallest absolute Gasteiger partial charge is 0.254 e. The molecule has 0 aliphatic carbocycles. The lowest BCUT2D eigenvalue weighted by Crippen LogP contribution is -2.26. The molecule has 19 heavy (non-hydrogen) atoms. The third kappa shape index (κ3) is 2.54. The lowest BCUT2D eigenvalue weighted by atomic mass is 10.2. The van der Waals surface area contributed by atoms with Crippen molar-refractivity contribution >= 4 is 5.91 Å². The van der Waals surface area contributed by atoms with Gasteiger partial charge in [-0.2, -0.15) is 0 Å². The Hall–Kier alpha value is -2.45. The van der Waals surface area contributed by atoms with Crippen LogP contribution in [-0.2, 0) is 13.6 Å². The number of amides is 1. The summed E-state index contributed by atoms with van der Waals surface area (Å²) in [7, 11) is 1.56. The molecular formula is C10H8F3N5O. The second-order valence-electron chi connectivity index (χ2n) is 3.62. The minimum atomic E-state index is -1.69. The van der Waals surface area contributed by atoms with Gasteiger partial charge in [0.05, 0.1) is 12.1 Å². The zero-order chi connectivity index (χ0) is 14.0. The van der Waals surface area contributed by atoms with Crippen LogP contribution in [0.25, 0.3) is 0 Å². The predicted octanol–water partition coefficient (Wildman–Crippen LogP) is 0.557. The number of halogens is 3. The summed E-state index contributed by atoms with van der Waals surface area (Å²) in [4.78, 5) is 11.6. The van der Waals surface area contributed by atoms with Crippen LogP contribution in [0.5, 0.6) is 0 Å². The molecule has 1 amide bonds. The molecule has 1 heterocycles. The van der Waals surface area contributed by atoms with E-state index in [0.29, 0.717) is 11.9 Å². The van der Waals surface area contributed by atoms with E-state index in [9.17, 15) is 18.0 Å². The average Bonchev–Trinajstić information content (AvgIpc) is 2.79. The molecule has 1 aromatic carbocycles. The molecule has 0 bridgehead atoms. The van der Waals surface area contributed by atoms with Gasteiger partial charge in [-0.15, -0.1) is 5.10 Å². The molecule has 100 valence electrons. The number of carbonyl (C=O) groups excluding carboxylic acids is 1. The predicted molar refractivity (Wildman–Crippen MR) is 56.3 cm³/mol. The van der Waals surface area contributed by atoms with Crippen LogP contribution < -0.4 is 5.32 Å². The van der Waals surface area contributed by atoms with Gasteiger partial charge < -0.3 is 5.32 Å². The van der Waals surface area contributed by atoms with Crippen LogP contribution in [0.4, 0.5) is 13.2 Å². The Labute approximate surface area is 105 Å². The fourth-order valence-corrected chi connectivity index (χ4v) is 1.35. The van der Waals surface area contributed by atoms with Gasteiger partial charge in [-0.1, -0.05) is 0 Å². The van der Waals surface area contributed by atoms with Crippen molar-refractivity contribution < 1.29 is 18.0 Å². The van der Waals surface area contributed by atoms with Crippen molar-refractivity contribution in [3.8, 4) is 0 Å². The normalized spacial score (nSPS) is 10.5. The van der Waals surface area contributed by atoms with Crippen molar-refractivity contribution in [3.63, 3.8) is 0 Å². The number of hydrogen-bond acceptors (Lipinski definition) is 4. The van der Waals surface area contributed by atoms with Crippen LogP contribution in [0.3, 0.4) is 0 Å². The number of hydrogen-bond donors (Lipinski definition) is 1. The van der Waals surface area contributed by atoms with E-state index >= 15 is 0 Å². The molecule has 0 unspecified atom stereocenters. The fraction of sp³-hybridized carbons (Fsp3) is 0.200. The highest BCUT2D eigenvalue weighted by atomic mass is 19.2. The summed E-state index contributed by atoms with van der Waals surface area (Å²) in [5, 5.41) is 12.8. The number of aromatic nitrogens is 4. The Kier molecular flexibility index (Phi) is 3.45. The van der Waals surface area contributed by atoms with Crippen LogP contribution in [0.2, 0.25) is 0 Å². The maximum absolute atomic E-state index is 13.3. The van der Waals surface area contributed by atoms with E-state index in [1.54, 1.807) is 7.05 Å². The molecule has 1 N–H and O–H groups in total. The van der Waals surface area contributed by atoms with Crippen molar-refractivity contribution in [2.75, 3.05) is 0 Å². The van der Waals surface area contributed by atoms with E-state index in [2.05, 4.69) is 20.8 Å². The molecule has 0 aliphatic rings. The topological polar surface area (TPSA) is 72.7 Å². The lowest BCUT2D eigenvalue weighted by Gasteiger charge is -2.06. The van der Waals surface area contributed by atoms with Crippen molar-refractivity contribution in [2.45, 2.75) is 6.54 Å². The Balaban J connectivity index is 2.13. The van der Waals surface area contributed by atoms with Crippen molar-refractivity contribution in [1.82, 2.24) is 25.5 Å². The highest BCUT2D eigenvalue weighted by Crippen LogP contribution is 2.15. The molecule has 0 saturated heterocycles. The Bertz CT molecular complexity index is 628. The van der Waals surface area contributed by atoms with Crippen LogP contribution in [0.15, 0.2) is 12.1 Å². The number of aryl methyl sites for hydroxylation is 1. The van der Waals surface area contributed by atoms with Crippen LogP contribution >= 0.6 is 0 Å². The summed E-state index contributed by atoms with van der Waals surface area (Å²) in [6.45, 7) is -0.0687. The number of rotatable bonds is 3. The highest BCUT2D eigenvalue weighted by molar-refractivity contribution is 5.94. The molecule has 2 rings (SSSR count). The highest BCUT2D eigenvalue weighted by Gasteiger charge is 2.18. The number of tetrazole rings is 1. The molecule has 2 aromatic rings. The molecule has 0 atom stereocenters. The number of carbonyl (C=O) groups is 1. The molecule has 6 nitrogen and oxygen atoms in total. The molecule has 0 aliphatic heterocycles. The first kappa shape index (κ1) is 13.0. The zero-order valence-corrected chi connectivity index (χ0v) is 9.69. The van der Waals surface area contributed by atoms with E-state index in [0.717, 1.165) is 6.07 Å². The Morgan fingerprint density at radius 1 is 1.32 bits per heavy atom. The van der Waals surface area contributed by atoms with Gasteiger partial charge in [0.25, 0.3) is 5.91 Å². The second kappa shape index (κ2) is 5.04. The minimum absolute atomic E-state index is 0.0687. The Morgan fingerprint density at radius 3 is 2.68 bits per heavy atom. The second-order valence-corrected chi connectivity index (χ2v) is 3.62. The van der Waals surface area contributed by atoms with E-state index in [4.69, 9.17) is 0 Å². The van der Waals surface area contributed by atoms with Crippen LogP contribution in [0, 0.1) is 17.5 Å². The van der Waals surface area contributed by atoms with E-state index in [1.807, 2.05) is 0 Å². The van der Waals surface area contributed by atoms with Gasteiger partial charge in [-0.3, -0.25) is 4.79 Å². The first-order valence-corrected chi connectivity index (χ1v) is 5.13. The molecule has 0 fully saturated rings. The molecule has 9 heteroatoms. The molecule has 1 aromatic heterocycles. The summed E-state index contributed by atoms with van der Waals surface area (Å²) in [6, 6.07) is 1.54. The molecule has 0 radical (unpaired) electrons. The Morgan fingerprint density at radius 2 is 2.05 bits per heavy atom. The molecule has 0 spiro atoms. The van der Waals surface area contributed by atoms with Gasteiger partial charge in [0.15, 0.2) is 23.3 Å². The van der Waals surface area contributed by atoms with Gasteiger partial charge in [0.2, 0.25) is 0 Å². The molecular weight excluding hydrogens is 263 g/mol. The van der Waals surface area contributed by atoms with Crippen LogP contribution in [0.1, 0.15) is 16.2 Å². The van der Waals surface area contributed by atoms with Crippen molar-refractivity contribution in [2.24, 2.45) is 7.05 Å². The largest absolute Gasteiger partial charge is 0.345 e. The zero-order valence-electron chi connectivity index (χ0n) is 9.69. The van der Waals surface area contributed by atoms with Crippen molar-refractivity contribution in [3.05, 3.63) is 41.0 Å². The monoisotopic (exact) mass is 271 g/mol. The van der Waals surface area contributed by atoms with Gasteiger partial charge in [-0.05, 0) is 22.6 Å². The standard InChI is InChI=1S/C10H8F3N5O/c1-18-7(15-16-17-18)4-14-10(19)5-2-3-6(11)9(13)8(5)12/h2-3H,4H2,1H3,(H,14,19). The van der Waals surface area contributed by atoms with Crippen molar-refractivity contribution in [1.29, 1.82) is 0 Å². The van der Waals surface area contributed by atoms with E-state index in [1.165, 1.54) is 4.68 Å². The maximum atomic E-state index is 13.3. The summed E-state index contributed by atoms with van der Waals surface area (Å²) in [5.74, 6) is -5.14. The summed E-state index contributed by atoms with van der Waals surface area (Å²) < 4.78 is 40.3. The number of benzene rings is 1. The maximum Gasteiger partial charge on any atom is 0.254 e. The third-order valence-corrected chi connectivity index (χ3v) is 2.39. The molecule has 0 saturated carbocycles. The fourth-order valence-electron chi connectivity index (χ4n) is 1.35. The third-order valence-electron chi connectivity index (χ3n) is 2.39. The first-order chi connectivity index (χ1) is 9.00. The number of nitrogens with one attached hydrogen (secondary N) is 1. The van der Waals surface area contributed by atoms with Gasteiger partial charge in [-0.25, -0.2) is 17.9 Å². The van der Waals surface area contributed by atoms with E-state index < -0.39 is 28.9 Å². The van der Waals surface area contributed by atoms with Gasteiger partial charge in [0, 0.05) is 7.05 Å².